The zero-order valence-corrected chi connectivity index (χ0v) is 16.7. The van der Waals surface area contributed by atoms with Crippen LogP contribution < -0.4 is 0 Å². The van der Waals surface area contributed by atoms with E-state index in [2.05, 4.69) is 33.0 Å². The summed E-state index contributed by atoms with van der Waals surface area (Å²) in [6, 6.07) is 2.30. The number of aromatic nitrogens is 1. The lowest BCUT2D eigenvalue weighted by molar-refractivity contribution is 0.633. The maximum atomic E-state index is 4.78. The Kier molecular flexibility index (Phi) is 12.8. The van der Waals surface area contributed by atoms with Gasteiger partial charge < -0.3 is 0 Å². The van der Waals surface area contributed by atoms with E-state index in [1.165, 1.54) is 102 Å². The van der Waals surface area contributed by atoms with Crippen LogP contribution in [0.3, 0.4) is 0 Å². The topological polar surface area (TPSA) is 12.9 Å². The molecule has 1 aromatic heterocycles. The van der Waals surface area contributed by atoms with E-state index in [4.69, 9.17) is 4.98 Å². The van der Waals surface area contributed by atoms with Gasteiger partial charge in [-0.05, 0) is 55.7 Å². The molecule has 0 saturated carbocycles. The van der Waals surface area contributed by atoms with Crippen LogP contribution in [0.2, 0.25) is 0 Å². The lowest BCUT2D eigenvalue weighted by Gasteiger charge is -2.14. The van der Waals surface area contributed by atoms with E-state index in [1.807, 2.05) is 0 Å². The fourth-order valence-corrected chi connectivity index (χ4v) is 3.53. The van der Waals surface area contributed by atoms with E-state index >= 15 is 0 Å². The van der Waals surface area contributed by atoms with Crippen LogP contribution in [0.1, 0.15) is 115 Å². The lowest BCUT2D eigenvalue weighted by atomic mass is 9.94. The Hall–Kier alpha value is -0.850. The van der Waals surface area contributed by atoms with Gasteiger partial charge in [-0.15, -0.1) is 0 Å². The molecular weight excluding hydrogens is 290 g/mol. The quantitative estimate of drug-likeness (QED) is 0.304. The van der Waals surface area contributed by atoms with E-state index < -0.39 is 0 Å². The third-order valence-corrected chi connectivity index (χ3v) is 5.09. The van der Waals surface area contributed by atoms with E-state index in [1.54, 1.807) is 11.1 Å². The monoisotopic (exact) mass is 331 g/mol. The minimum absolute atomic E-state index is 1.19. The predicted octanol–water partition coefficient (Wildman–Crippen LogP) is 7.45. The lowest BCUT2D eigenvalue weighted by Crippen LogP contribution is -2.04. The van der Waals surface area contributed by atoms with Crippen molar-refractivity contribution in [2.75, 3.05) is 0 Å². The van der Waals surface area contributed by atoms with Gasteiger partial charge in [-0.1, -0.05) is 78.6 Å². The van der Waals surface area contributed by atoms with Gasteiger partial charge in [0, 0.05) is 11.9 Å². The molecule has 1 heteroatoms. The molecule has 1 nitrogen and oxygen atoms in total. The van der Waals surface area contributed by atoms with Crippen molar-refractivity contribution in [2.45, 2.75) is 117 Å². The Morgan fingerprint density at radius 1 is 0.625 bits per heavy atom. The molecule has 0 aliphatic rings. The number of rotatable bonds is 15. The van der Waals surface area contributed by atoms with Crippen molar-refractivity contribution < 1.29 is 0 Å². The number of hydrogen-bond acceptors (Lipinski definition) is 1. The first-order chi connectivity index (χ1) is 11.8. The smallest absolute Gasteiger partial charge is 0.0438 e. The number of aryl methyl sites for hydroxylation is 2. The van der Waals surface area contributed by atoms with E-state index in [-0.39, 0.29) is 0 Å². The van der Waals surface area contributed by atoms with Crippen molar-refractivity contribution in [3.05, 3.63) is 29.1 Å². The van der Waals surface area contributed by atoms with Crippen molar-refractivity contribution in [1.29, 1.82) is 0 Å². The summed E-state index contributed by atoms with van der Waals surface area (Å²) in [6.07, 6.45) is 21.9. The van der Waals surface area contributed by atoms with Crippen LogP contribution in [-0.4, -0.2) is 4.98 Å². The summed E-state index contributed by atoms with van der Waals surface area (Å²) in [5, 5.41) is 0. The second-order valence-electron chi connectivity index (χ2n) is 7.33. The van der Waals surface area contributed by atoms with Crippen LogP contribution in [0.4, 0.5) is 0 Å². The van der Waals surface area contributed by atoms with Crippen molar-refractivity contribution >= 4 is 0 Å². The summed E-state index contributed by atoms with van der Waals surface area (Å²) in [7, 11) is 0. The minimum atomic E-state index is 1.19. The normalized spacial score (nSPS) is 11.1. The van der Waals surface area contributed by atoms with Crippen LogP contribution in [0.15, 0.2) is 12.3 Å². The molecular formula is C23H41N. The summed E-state index contributed by atoms with van der Waals surface area (Å²) < 4.78 is 0. The van der Waals surface area contributed by atoms with Crippen LogP contribution in [0, 0.1) is 0 Å². The summed E-state index contributed by atoms with van der Waals surface area (Å²) in [4.78, 5) is 4.78. The summed E-state index contributed by atoms with van der Waals surface area (Å²) >= 11 is 0. The van der Waals surface area contributed by atoms with E-state index in [9.17, 15) is 0 Å². The number of pyridine rings is 1. The highest BCUT2D eigenvalue weighted by Crippen LogP contribution is 2.21. The van der Waals surface area contributed by atoms with Gasteiger partial charge in [0.1, 0.15) is 0 Å². The Morgan fingerprint density at radius 2 is 1.17 bits per heavy atom. The number of nitrogens with zero attached hydrogens (tertiary/aromatic N) is 1. The van der Waals surface area contributed by atoms with Gasteiger partial charge in [-0.3, -0.25) is 4.98 Å². The van der Waals surface area contributed by atoms with Crippen molar-refractivity contribution in [2.24, 2.45) is 0 Å². The van der Waals surface area contributed by atoms with E-state index in [0.717, 1.165) is 0 Å². The molecule has 24 heavy (non-hydrogen) atoms. The zero-order chi connectivity index (χ0) is 17.5. The third kappa shape index (κ3) is 8.85. The summed E-state index contributed by atoms with van der Waals surface area (Å²) in [5.41, 5.74) is 4.63. The molecule has 1 heterocycles. The molecule has 0 radical (unpaired) electrons. The Labute approximate surface area is 151 Å². The molecule has 0 bridgehead atoms. The Balaban J connectivity index is 2.67. The molecule has 0 spiro atoms. The second-order valence-corrected chi connectivity index (χ2v) is 7.33. The zero-order valence-electron chi connectivity index (χ0n) is 16.7. The fourth-order valence-electron chi connectivity index (χ4n) is 3.53. The van der Waals surface area contributed by atoms with Crippen molar-refractivity contribution in [1.82, 2.24) is 4.98 Å². The van der Waals surface area contributed by atoms with Gasteiger partial charge in [-0.25, -0.2) is 0 Å². The molecule has 138 valence electrons. The molecule has 0 amide bonds. The first kappa shape index (κ1) is 21.2. The van der Waals surface area contributed by atoms with Crippen LogP contribution in [0.25, 0.3) is 0 Å². The number of hydrogen-bond donors (Lipinski definition) is 0. The largest absolute Gasteiger partial charge is 0.261 e. The standard InChI is InChI=1S/C23H41N/c1-4-7-10-13-16-21-19-20-24-23(18-15-12-9-6-3)22(21)17-14-11-8-5-2/h19-20H,4-18H2,1-3H3. The van der Waals surface area contributed by atoms with Crippen LogP contribution in [0.5, 0.6) is 0 Å². The molecule has 0 aliphatic carbocycles. The molecule has 0 aromatic carbocycles. The maximum absolute atomic E-state index is 4.78. The molecule has 0 N–H and O–H groups in total. The van der Waals surface area contributed by atoms with Gasteiger partial charge in [0.05, 0.1) is 0 Å². The van der Waals surface area contributed by atoms with Crippen molar-refractivity contribution in [3.8, 4) is 0 Å². The minimum Gasteiger partial charge on any atom is -0.261 e. The van der Waals surface area contributed by atoms with Gasteiger partial charge in [0.25, 0.3) is 0 Å². The average Bonchev–Trinajstić information content (AvgIpc) is 2.60. The highest BCUT2D eigenvalue weighted by molar-refractivity contribution is 5.30. The van der Waals surface area contributed by atoms with E-state index in [0.29, 0.717) is 0 Å². The molecule has 0 aliphatic heterocycles. The first-order valence-electron chi connectivity index (χ1n) is 10.8. The highest BCUT2D eigenvalue weighted by atomic mass is 14.7. The van der Waals surface area contributed by atoms with Gasteiger partial charge in [0.2, 0.25) is 0 Å². The molecule has 0 fully saturated rings. The second kappa shape index (κ2) is 14.5. The molecule has 1 aromatic rings. The first-order valence-corrected chi connectivity index (χ1v) is 10.8. The highest BCUT2D eigenvalue weighted by Gasteiger charge is 2.10. The molecule has 0 atom stereocenters. The summed E-state index contributed by atoms with van der Waals surface area (Å²) in [5.74, 6) is 0. The predicted molar refractivity (Wildman–Crippen MR) is 108 cm³/mol. The van der Waals surface area contributed by atoms with Crippen molar-refractivity contribution in [3.63, 3.8) is 0 Å². The van der Waals surface area contributed by atoms with Crippen LogP contribution in [-0.2, 0) is 19.3 Å². The molecule has 0 saturated heterocycles. The fraction of sp³-hybridized carbons (Fsp3) is 0.783. The Morgan fingerprint density at radius 3 is 1.75 bits per heavy atom. The average molecular weight is 332 g/mol. The SMILES string of the molecule is CCCCCCc1ccnc(CCCCCC)c1CCCCCC. The number of unbranched alkanes of at least 4 members (excludes halogenated alkanes) is 9. The Bertz CT molecular complexity index is 380. The summed E-state index contributed by atoms with van der Waals surface area (Å²) in [6.45, 7) is 6.87. The third-order valence-electron chi connectivity index (χ3n) is 5.09. The van der Waals surface area contributed by atoms with Gasteiger partial charge >= 0.3 is 0 Å². The molecule has 0 unspecified atom stereocenters. The van der Waals surface area contributed by atoms with Gasteiger partial charge in [-0.2, -0.15) is 0 Å². The van der Waals surface area contributed by atoms with Gasteiger partial charge in [0.15, 0.2) is 0 Å². The molecule has 1 rings (SSSR count). The van der Waals surface area contributed by atoms with Crippen LogP contribution >= 0.6 is 0 Å². The maximum Gasteiger partial charge on any atom is 0.0438 e.